The summed E-state index contributed by atoms with van der Waals surface area (Å²) in [6.07, 6.45) is 4.48. The highest BCUT2D eigenvalue weighted by atomic mass is 35.5. The molecule has 1 aliphatic rings. The van der Waals surface area contributed by atoms with Crippen LogP contribution in [0.3, 0.4) is 0 Å². The van der Waals surface area contributed by atoms with Crippen molar-refractivity contribution in [1.29, 1.82) is 0 Å². The molecule has 0 spiro atoms. The van der Waals surface area contributed by atoms with Crippen molar-refractivity contribution in [3.05, 3.63) is 33.3 Å². The van der Waals surface area contributed by atoms with Crippen molar-refractivity contribution < 1.29 is 4.92 Å². The van der Waals surface area contributed by atoms with E-state index in [0.29, 0.717) is 23.2 Å². The van der Waals surface area contributed by atoms with Gasteiger partial charge in [0.25, 0.3) is 5.69 Å². The highest BCUT2D eigenvalue weighted by Crippen LogP contribution is 2.31. The molecule has 1 aromatic carbocycles. The molecule has 1 aliphatic carbocycles. The smallest absolute Gasteiger partial charge is 0.271 e. The Kier molecular flexibility index (Phi) is 4.61. The predicted molar refractivity (Wildman–Crippen MR) is 76.5 cm³/mol. The fourth-order valence-corrected chi connectivity index (χ4v) is 2.79. The van der Waals surface area contributed by atoms with Gasteiger partial charge in [-0.2, -0.15) is 0 Å². The number of anilines is 1. The Morgan fingerprint density at radius 1 is 1.42 bits per heavy atom. The quantitative estimate of drug-likeness (QED) is 0.657. The number of hydrogen-bond acceptors (Lipinski definition) is 4. The molecule has 0 aliphatic heterocycles. The molecule has 2 atom stereocenters. The lowest BCUT2D eigenvalue weighted by atomic mass is 9.84. The van der Waals surface area contributed by atoms with Crippen molar-refractivity contribution in [1.82, 2.24) is 0 Å². The number of halogens is 1. The zero-order valence-electron chi connectivity index (χ0n) is 10.6. The zero-order valence-corrected chi connectivity index (χ0v) is 11.4. The van der Waals surface area contributed by atoms with Crippen LogP contribution in [0, 0.1) is 16.0 Å². The van der Waals surface area contributed by atoms with Crippen molar-refractivity contribution in [3.8, 4) is 0 Å². The van der Waals surface area contributed by atoms with Crippen molar-refractivity contribution in [2.24, 2.45) is 11.7 Å². The summed E-state index contributed by atoms with van der Waals surface area (Å²) >= 11 is 6.09. The zero-order chi connectivity index (χ0) is 13.8. The third kappa shape index (κ3) is 3.36. The minimum atomic E-state index is -0.414. The van der Waals surface area contributed by atoms with E-state index in [9.17, 15) is 10.1 Å². The monoisotopic (exact) mass is 283 g/mol. The SMILES string of the molecule is NCC1CCCCC1Nc1cc([N+](=O)[O-])ccc1Cl. The van der Waals surface area contributed by atoms with Crippen LogP contribution in [0.15, 0.2) is 18.2 Å². The van der Waals surface area contributed by atoms with Crippen LogP contribution < -0.4 is 11.1 Å². The van der Waals surface area contributed by atoms with Crippen LogP contribution >= 0.6 is 11.6 Å². The fourth-order valence-electron chi connectivity index (χ4n) is 2.62. The Labute approximate surface area is 117 Å². The van der Waals surface area contributed by atoms with Gasteiger partial charge in [-0.25, -0.2) is 0 Å². The van der Waals surface area contributed by atoms with Crippen molar-refractivity contribution in [3.63, 3.8) is 0 Å². The Morgan fingerprint density at radius 3 is 2.84 bits per heavy atom. The van der Waals surface area contributed by atoms with Gasteiger partial charge in [-0.3, -0.25) is 10.1 Å². The Balaban J connectivity index is 2.17. The molecule has 0 saturated heterocycles. The van der Waals surface area contributed by atoms with E-state index in [0.717, 1.165) is 19.3 Å². The number of nitro benzene ring substituents is 1. The number of nitrogens with two attached hydrogens (primary N) is 1. The second-order valence-electron chi connectivity index (χ2n) is 4.95. The maximum absolute atomic E-state index is 10.8. The van der Waals surface area contributed by atoms with Gasteiger partial charge < -0.3 is 11.1 Å². The van der Waals surface area contributed by atoms with Gasteiger partial charge in [0, 0.05) is 18.2 Å². The van der Waals surface area contributed by atoms with E-state index in [1.165, 1.54) is 18.6 Å². The Bertz CT molecular complexity index is 467. The minimum absolute atomic E-state index is 0.0482. The molecule has 5 nitrogen and oxygen atoms in total. The summed E-state index contributed by atoms with van der Waals surface area (Å²) in [5.74, 6) is 0.407. The summed E-state index contributed by atoms with van der Waals surface area (Å²) in [6.45, 7) is 0.629. The molecular weight excluding hydrogens is 266 g/mol. The fraction of sp³-hybridized carbons (Fsp3) is 0.538. The Hall–Kier alpha value is -1.33. The van der Waals surface area contributed by atoms with Gasteiger partial charge in [-0.05, 0) is 31.4 Å². The van der Waals surface area contributed by atoms with E-state index in [-0.39, 0.29) is 11.7 Å². The van der Waals surface area contributed by atoms with Gasteiger partial charge in [0.1, 0.15) is 0 Å². The molecule has 0 radical (unpaired) electrons. The van der Waals surface area contributed by atoms with Crippen LogP contribution in [-0.4, -0.2) is 17.5 Å². The van der Waals surface area contributed by atoms with Crippen LogP contribution in [0.5, 0.6) is 0 Å². The summed E-state index contributed by atoms with van der Waals surface area (Å²) in [4.78, 5) is 10.4. The highest BCUT2D eigenvalue weighted by molar-refractivity contribution is 6.33. The molecule has 19 heavy (non-hydrogen) atoms. The summed E-state index contributed by atoms with van der Waals surface area (Å²) in [6, 6.07) is 4.71. The van der Waals surface area contributed by atoms with E-state index in [2.05, 4.69) is 5.32 Å². The number of nitrogens with one attached hydrogen (secondary N) is 1. The van der Waals surface area contributed by atoms with Crippen LogP contribution in [-0.2, 0) is 0 Å². The van der Waals surface area contributed by atoms with Gasteiger partial charge >= 0.3 is 0 Å². The second kappa shape index (κ2) is 6.21. The van der Waals surface area contributed by atoms with Crippen molar-refractivity contribution in [2.75, 3.05) is 11.9 Å². The third-order valence-corrected chi connectivity index (χ3v) is 4.04. The predicted octanol–water partition coefficient (Wildman–Crippen LogP) is 3.18. The number of benzene rings is 1. The molecule has 6 heteroatoms. The standard InChI is InChI=1S/C13H18ClN3O2/c14-11-6-5-10(17(18)19)7-13(11)16-12-4-2-1-3-9(12)8-15/h5-7,9,12,16H,1-4,8,15H2. The highest BCUT2D eigenvalue weighted by Gasteiger charge is 2.24. The number of non-ortho nitro benzene ring substituents is 1. The maximum atomic E-state index is 10.8. The number of nitrogens with zero attached hydrogens (tertiary/aromatic N) is 1. The average Bonchev–Trinajstić information content (AvgIpc) is 2.41. The molecular formula is C13H18ClN3O2. The van der Waals surface area contributed by atoms with Crippen molar-refractivity contribution in [2.45, 2.75) is 31.7 Å². The summed E-state index contributed by atoms with van der Waals surface area (Å²) in [5, 5.41) is 14.6. The maximum Gasteiger partial charge on any atom is 0.271 e. The first-order chi connectivity index (χ1) is 9.11. The first kappa shape index (κ1) is 14.1. The van der Waals surface area contributed by atoms with Gasteiger partial charge in [0.15, 0.2) is 0 Å². The average molecular weight is 284 g/mol. The number of hydrogen-bond donors (Lipinski definition) is 2. The van der Waals surface area contributed by atoms with E-state index in [4.69, 9.17) is 17.3 Å². The molecule has 0 heterocycles. The van der Waals surface area contributed by atoms with Gasteiger partial charge in [0.05, 0.1) is 15.6 Å². The van der Waals surface area contributed by atoms with Gasteiger partial charge in [-0.15, -0.1) is 0 Å². The molecule has 0 aromatic heterocycles. The molecule has 0 bridgehead atoms. The first-order valence-electron chi connectivity index (χ1n) is 6.52. The van der Waals surface area contributed by atoms with Crippen LogP contribution in [0.2, 0.25) is 5.02 Å². The third-order valence-electron chi connectivity index (χ3n) is 3.71. The lowest BCUT2D eigenvalue weighted by molar-refractivity contribution is -0.384. The normalized spacial score (nSPS) is 23.1. The topological polar surface area (TPSA) is 81.2 Å². The van der Waals surface area contributed by atoms with Crippen LogP contribution in [0.4, 0.5) is 11.4 Å². The molecule has 1 fully saturated rings. The molecule has 2 rings (SSSR count). The van der Waals surface area contributed by atoms with E-state index < -0.39 is 4.92 Å². The number of rotatable bonds is 4. The number of nitro groups is 1. The van der Waals surface area contributed by atoms with Crippen LogP contribution in [0.1, 0.15) is 25.7 Å². The minimum Gasteiger partial charge on any atom is -0.381 e. The molecule has 1 saturated carbocycles. The van der Waals surface area contributed by atoms with Gasteiger partial charge in [0.2, 0.25) is 0 Å². The molecule has 0 amide bonds. The molecule has 1 aromatic rings. The van der Waals surface area contributed by atoms with Crippen LogP contribution in [0.25, 0.3) is 0 Å². The molecule has 2 unspecified atom stereocenters. The van der Waals surface area contributed by atoms with E-state index in [1.54, 1.807) is 6.07 Å². The molecule has 3 N–H and O–H groups in total. The van der Waals surface area contributed by atoms with E-state index >= 15 is 0 Å². The van der Waals surface area contributed by atoms with E-state index in [1.807, 2.05) is 0 Å². The summed E-state index contributed by atoms with van der Waals surface area (Å²) < 4.78 is 0. The lowest BCUT2D eigenvalue weighted by Gasteiger charge is -2.32. The largest absolute Gasteiger partial charge is 0.381 e. The lowest BCUT2D eigenvalue weighted by Crippen LogP contribution is -2.36. The summed E-state index contributed by atoms with van der Waals surface area (Å²) in [7, 11) is 0. The molecule has 104 valence electrons. The first-order valence-corrected chi connectivity index (χ1v) is 6.90. The van der Waals surface area contributed by atoms with Gasteiger partial charge in [-0.1, -0.05) is 24.4 Å². The second-order valence-corrected chi connectivity index (χ2v) is 5.36. The summed E-state index contributed by atoms with van der Waals surface area (Å²) in [5.41, 5.74) is 6.46. The van der Waals surface area contributed by atoms with Crippen molar-refractivity contribution >= 4 is 23.0 Å². The Morgan fingerprint density at radius 2 is 2.16 bits per heavy atom.